The summed E-state index contributed by atoms with van der Waals surface area (Å²) in [5.74, 6) is 1.61. The quantitative estimate of drug-likeness (QED) is 0.192. The highest BCUT2D eigenvalue weighted by Gasteiger charge is 2.18. The molecule has 0 atom stereocenters. The zero-order chi connectivity index (χ0) is 34.6. The van der Waals surface area contributed by atoms with E-state index >= 15 is 0 Å². The molecule has 0 fully saturated rings. The number of ether oxygens (including phenoxy) is 1. The SMILES string of the molecule is Oc1ccccc1-c1cc(Oc2cccc(-n3c4ccccc4c4ccccc43)c2)cc(-c2ccccc2-n2c3ccccc3c3ccccc32)c1. The van der Waals surface area contributed by atoms with Crippen LogP contribution in [0.1, 0.15) is 0 Å². The normalized spacial score (nSPS) is 11.5. The fourth-order valence-corrected chi connectivity index (χ4v) is 7.80. The lowest BCUT2D eigenvalue weighted by Crippen LogP contribution is -1.98. The molecule has 0 saturated carbocycles. The van der Waals surface area contributed by atoms with Crippen LogP contribution in [0.5, 0.6) is 17.2 Å². The average molecular weight is 669 g/mol. The van der Waals surface area contributed by atoms with Gasteiger partial charge in [-0.05, 0) is 77.9 Å². The number of benzene rings is 8. The summed E-state index contributed by atoms with van der Waals surface area (Å²) >= 11 is 0. The van der Waals surface area contributed by atoms with E-state index in [2.05, 4.69) is 155 Å². The van der Waals surface area contributed by atoms with Crippen molar-refractivity contribution in [2.45, 2.75) is 0 Å². The van der Waals surface area contributed by atoms with Gasteiger partial charge in [0.05, 0.1) is 27.8 Å². The van der Waals surface area contributed by atoms with Gasteiger partial charge >= 0.3 is 0 Å². The van der Waals surface area contributed by atoms with Crippen molar-refractivity contribution >= 4 is 43.6 Å². The van der Waals surface area contributed by atoms with Gasteiger partial charge in [0, 0.05) is 44.4 Å². The van der Waals surface area contributed by atoms with Gasteiger partial charge in [0.15, 0.2) is 0 Å². The number of para-hydroxylation sites is 6. The summed E-state index contributed by atoms with van der Waals surface area (Å²) in [6.07, 6.45) is 0. The molecule has 52 heavy (non-hydrogen) atoms. The first kappa shape index (κ1) is 29.8. The smallest absolute Gasteiger partial charge is 0.129 e. The third-order valence-electron chi connectivity index (χ3n) is 10.0. The zero-order valence-electron chi connectivity index (χ0n) is 28.1. The molecule has 0 saturated heterocycles. The van der Waals surface area contributed by atoms with Crippen LogP contribution in [0.15, 0.2) is 188 Å². The van der Waals surface area contributed by atoms with Crippen LogP contribution >= 0.6 is 0 Å². The summed E-state index contributed by atoms with van der Waals surface area (Å²) in [5.41, 5.74) is 10.3. The molecule has 246 valence electrons. The van der Waals surface area contributed by atoms with E-state index in [1.54, 1.807) is 6.07 Å². The van der Waals surface area contributed by atoms with Gasteiger partial charge in [0.25, 0.3) is 0 Å². The van der Waals surface area contributed by atoms with Crippen molar-refractivity contribution in [3.8, 4) is 50.9 Å². The average Bonchev–Trinajstić information content (AvgIpc) is 3.71. The third kappa shape index (κ3) is 4.84. The van der Waals surface area contributed by atoms with E-state index in [1.807, 2.05) is 36.4 Å². The van der Waals surface area contributed by atoms with Gasteiger partial charge < -0.3 is 19.0 Å². The van der Waals surface area contributed by atoms with E-state index in [0.717, 1.165) is 61.4 Å². The highest BCUT2D eigenvalue weighted by atomic mass is 16.5. The van der Waals surface area contributed by atoms with Gasteiger partial charge in [-0.3, -0.25) is 0 Å². The molecule has 0 aliphatic rings. The van der Waals surface area contributed by atoms with Crippen LogP contribution in [0.3, 0.4) is 0 Å². The minimum Gasteiger partial charge on any atom is -0.507 e. The second kappa shape index (κ2) is 12.1. The van der Waals surface area contributed by atoms with Gasteiger partial charge in [-0.1, -0.05) is 115 Å². The van der Waals surface area contributed by atoms with Gasteiger partial charge in [-0.2, -0.15) is 0 Å². The number of hydrogen-bond donors (Lipinski definition) is 1. The number of nitrogens with zero attached hydrogens (tertiary/aromatic N) is 2. The van der Waals surface area contributed by atoms with Crippen molar-refractivity contribution in [2.24, 2.45) is 0 Å². The summed E-state index contributed by atoms with van der Waals surface area (Å²) in [6, 6.07) is 64.6. The Bertz CT molecular complexity index is 2860. The highest BCUT2D eigenvalue weighted by molar-refractivity contribution is 6.10. The Kier molecular flexibility index (Phi) is 6.93. The molecule has 10 aromatic rings. The maximum Gasteiger partial charge on any atom is 0.129 e. The van der Waals surface area contributed by atoms with E-state index in [4.69, 9.17) is 4.74 Å². The van der Waals surface area contributed by atoms with Gasteiger partial charge in [-0.25, -0.2) is 0 Å². The molecular weight excluding hydrogens is 637 g/mol. The molecule has 0 unspecified atom stereocenters. The van der Waals surface area contributed by atoms with Crippen LogP contribution in [0.25, 0.3) is 77.2 Å². The van der Waals surface area contributed by atoms with Crippen molar-refractivity contribution in [3.63, 3.8) is 0 Å². The molecule has 0 radical (unpaired) electrons. The van der Waals surface area contributed by atoms with E-state index in [9.17, 15) is 5.11 Å². The second-order valence-corrected chi connectivity index (χ2v) is 13.1. The molecule has 1 N–H and O–H groups in total. The molecule has 0 bridgehead atoms. The Hall–Kier alpha value is -7.04. The fraction of sp³-hybridized carbons (Fsp3) is 0. The summed E-state index contributed by atoms with van der Waals surface area (Å²) in [5, 5.41) is 15.9. The summed E-state index contributed by atoms with van der Waals surface area (Å²) in [7, 11) is 0. The molecule has 10 rings (SSSR count). The topological polar surface area (TPSA) is 39.3 Å². The molecule has 2 aromatic heterocycles. The molecule has 4 nitrogen and oxygen atoms in total. The number of aromatic nitrogens is 2. The lowest BCUT2D eigenvalue weighted by Gasteiger charge is -2.17. The van der Waals surface area contributed by atoms with E-state index in [1.165, 1.54) is 21.5 Å². The molecule has 0 aliphatic carbocycles. The standard InChI is InChI=1S/C48H32N2O2/c51-48-27-12-6-17-38(48)33-28-32(37-16-1-7-22-43(37)50-46-25-10-4-20-41(46)42-21-5-11-26-47(42)50)29-36(30-33)52-35-15-13-14-34(31-35)49-44-23-8-2-18-39(44)40-19-3-9-24-45(40)49/h1-31,51H. The molecule has 0 aliphatic heterocycles. The second-order valence-electron chi connectivity index (χ2n) is 13.1. The predicted molar refractivity (Wildman–Crippen MR) is 214 cm³/mol. The lowest BCUT2D eigenvalue weighted by atomic mass is 9.96. The third-order valence-corrected chi connectivity index (χ3v) is 10.0. The van der Waals surface area contributed by atoms with Crippen LogP contribution in [-0.2, 0) is 0 Å². The molecule has 0 spiro atoms. The Balaban J connectivity index is 1.14. The van der Waals surface area contributed by atoms with Crippen molar-refractivity contribution < 1.29 is 9.84 Å². The Morgan fingerprint density at radius 3 is 1.44 bits per heavy atom. The van der Waals surface area contributed by atoms with E-state index in [0.29, 0.717) is 5.75 Å². The van der Waals surface area contributed by atoms with Gasteiger partial charge in [0.2, 0.25) is 0 Å². The first-order chi connectivity index (χ1) is 25.7. The number of fused-ring (bicyclic) bond motifs is 6. The minimum absolute atomic E-state index is 0.217. The van der Waals surface area contributed by atoms with Crippen LogP contribution in [0.4, 0.5) is 0 Å². The lowest BCUT2D eigenvalue weighted by molar-refractivity contribution is 0.476. The molecule has 4 heteroatoms. The number of aromatic hydroxyl groups is 1. The predicted octanol–water partition coefficient (Wildman–Crippen LogP) is 12.7. The van der Waals surface area contributed by atoms with Crippen molar-refractivity contribution in [1.82, 2.24) is 9.13 Å². The van der Waals surface area contributed by atoms with Crippen LogP contribution in [0, 0.1) is 0 Å². The van der Waals surface area contributed by atoms with Gasteiger partial charge in [0.1, 0.15) is 17.2 Å². The number of hydrogen-bond acceptors (Lipinski definition) is 2. The number of phenols is 1. The van der Waals surface area contributed by atoms with E-state index in [-0.39, 0.29) is 5.75 Å². The molecular formula is C48H32N2O2. The fourth-order valence-electron chi connectivity index (χ4n) is 7.80. The van der Waals surface area contributed by atoms with Crippen molar-refractivity contribution in [1.29, 1.82) is 0 Å². The molecule has 0 amide bonds. The van der Waals surface area contributed by atoms with Crippen LogP contribution in [-0.4, -0.2) is 14.2 Å². The number of phenolic OH excluding ortho intramolecular Hbond substituents is 1. The largest absolute Gasteiger partial charge is 0.507 e. The van der Waals surface area contributed by atoms with Crippen molar-refractivity contribution in [3.05, 3.63) is 188 Å². The zero-order valence-corrected chi connectivity index (χ0v) is 28.1. The van der Waals surface area contributed by atoms with Crippen molar-refractivity contribution in [2.75, 3.05) is 0 Å². The minimum atomic E-state index is 0.217. The first-order valence-electron chi connectivity index (χ1n) is 17.5. The Morgan fingerprint density at radius 1 is 0.365 bits per heavy atom. The summed E-state index contributed by atoms with van der Waals surface area (Å²) in [6.45, 7) is 0. The monoisotopic (exact) mass is 668 g/mol. The summed E-state index contributed by atoms with van der Waals surface area (Å²) < 4.78 is 11.4. The maximum absolute atomic E-state index is 11.0. The Labute approximate surface area is 300 Å². The highest BCUT2D eigenvalue weighted by Crippen LogP contribution is 2.41. The van der Waals surface area contributed by atoms with Crippen LogP contribution in [0.2, 0.25) is 0 Å². The first-order valence-corrected chi connectivity index (χ1v) is 17.5. The van der Waals surface area contributed by atoms with Crippen LogP contribution < -0.4 is 4.74 Å². The van der Waals surface area contributed by atoms with Gasteiger partial charge in [-0.15, -0.1) is 0 Å². The molecule has 8 aromatic carbocycles. The molecule has 2 heterocycles. The van der Waals surface area contributed by atoms with E-state index < -0.39 is 0 Å². The Morgan fingerprint density at radius 2 is 0.846 bits per heavy atom. The number of rotatable bonds is 6. The maximum atomic E-state index is 11.0. The summed E-state index contributed by atoms with van der Waals surface area (Å²) in [4.78, 5) is 0.